The number of aromatic nitrogens is 1. The number of rotatable bonds is 2. The number of aryl methyl sites for hydroxylation is 1. The quantitative estimate of drug-likeness (QED) is 0.839. The van der Waals surface area contributed by atoms with Gasteiger partial charge in [0.1, 0.15) is 6.10 Å². The number of pyridine rings is 1. The van der Waals surface area contributed by atoms with Gasteiger partial charge >= 0.3 is 0 Å². The topological polar surface area (TPSA) is 74.7 Å². The van der Waals surface area contributed by atoms with Gasteiger partial charge in [0, 0.05) is 18.0 Å². The molecule has 23 heavy (non-hydrogen) atoms. The lowest BCUT2D eigenvalue weighted by Gasteiger charge is -2.25. The second kappa shape index (κ2) is 5.13. The van der Waals surface area contributed by atoms with E-state index in [9.17, 15) is 8.42 Å². The summed E-state index contributed by atoms with van der Waals surface area (Å²) in [4.78, 5) is 4.40. The molecule has 0 N–H and O–H groups in total. The molecule has 0 saturated heterocycles. The van der Waals surface area contributed by atoms with Crippen LogP contribution < -0.4 is 14.2 Å². The van der Waals surface area contributed by atoms with E-state index < -0.39 is 9.84 Å². The Balaban J connectivity index is 1.62. The zero-order chi connectivity index (χ0) is 16.0. The van der Waals surface area contributed by atoms with E-state index in [1.165, 1.54) is 12.5 Å². The number of fused-ring (bicyclic) bond motifs is 2. The van der Waals surface area contributed by atoms with E-state index in [1.807, 2.05) is 18.2 Å². The van der Waals surface area contributed by atoms with Crippen LogP contribution in [0.25, 0.3) is 0 Å². The monoisotopic (exact) mass is 333 g/mol. The molecular formula is C16H15NO5S. The average molecular weight is 333 g/mol. The number of ether oxygens (including phenoxy) is 3. The average Bonchev–Trinajstić information content (AvgIpc) is 3.00. The van der Waals surface area contributed by atoms with Crippen LogP contribution in [-0.4, -0.2) is 26.5 Å². The van der Waals surface area contributed by atoms with Gasteiger partial charge in [0.05, 0.1) is 4.90 Å². The maximum Gasteiger partial charge on any atom is 0.231 e. The fourth-order valence-corrected chi connectivity index (χ4v) is 3.39. The second-order valence-corrected chi connectivity index (χ2v) is 7.68. The predicted octanol–water partition coefficient (Wildman–Crippen LogP) is 2.28. The third-order valence-corrected chi connectivity index (χ3v) is 5.11. The highest BCUT2D eigenvalue weighted by molar-refractivity contribution is 7.90. The van der Waals surface area contributed by atoms with Crippen molar-refractivity contribution in [1.29, 1.82) is 0 Å². The Morgan fingerprint density at radius 3 is 2.83 bits per heavy atom. The van der Waals surface area contributed by atoms with Crippen molar-refractivity contribution >= 4 is 9.84 Å². The number of sulfone groups is 1. The first-order valence-corrected chi connectivity index (χ1v) is 9.15. The maximum atomic E-state index is 11.6. The van der Waals surface area contributed by atoms with Crippen LogP contribution in [0.5, 0.6) is 17.4 Å². The molecule has 1 aromatic heterocycles. The number of hydrogen-bond acceptors (Lipinski definition) is 6. The Hall–Kier alpha value is -2.28. The minimum Gasteiger partial charge on any atom is -0.469 e. The van der Waals surface area contributed by atoms with E-state index in [0.29, 0.717) is 12.3 Å². The van der Waals surface area contributed by atoms with Gasteiger partial charge in [0.15, 0.2) is 21.3 Å². The van der Waals surface area contributed by atoms with E-state index in [2.05, 4.69) is 4.98 Å². The van der Waals surface area contributed by atoms with Crippen LogP contribution in [0, 0.1) is 0 Å². The number of benzene rings is 1. The number of nitrogens with zero attached hydrogens (tertiary/aromatic N) is 1. The molecule has 0 saturated carbocycles. The Kier molecular flexibility index (Phi) is 3.19. The molecule has 3 heterocycles. The summed E-state index contributed by atoms with van der Waals surface area (Å²) in [6, 6.07) is 7.39. The molecule has 1 atom stereocenters. The molecular weight excluding hydrogens is 318 g/mol. The van der Waals surface area contributed by atoms with Crippen molar-refractivity contribution in [2.24, 2.45) is 0 Å². The lowest BCUT2D eigenvalue weighted by Crippen LogP contribution is -2.17. The zero-order valence-electron chi connectivity index (χ0n) is 12.5. The summed E-state index contributed by atoms with van der Waals surface area (Å²) in [5.41, 5.74) is 1.82. The molecule has 120 valence electrons. The van der Waals surface area contributed by atoms with Gasteiger partial charge in [-0.3, -0.25) is 0 Å². The minimum atomic E-state index is -3.26. The van der Waals surface area contributed by atoms with Crippen LogP contribution in [0.15, 0.2) is 35.4 Å². The summed E-state index contributed by atoms with van der Waals surface area (Å²) in [7, 11) is -3.26. The lowest BCUT2D eigenvalue weighted by atomic mass is 9.99. The summed E-state index contributed by atoms with van der Waals surface area (Å²) in [6.07, 6.45) is 3.85. The van der Waals surface area contributed by atoms with Gasteiger partial charge in [0.2, 0.25) is 12.7 Å². The zero-order valence-corrected chi connectivity index (χ0v) is 13.3. The van der Waals surface area contributed by atoms with Crippen molar-refractivity contribution in [3.8, 4) is 17.4 Å². The molecule has 0 aliphatic carbocycles. The standard InChI is InChI=1S/C16H15NO5S/c1-23(18,19)12-6-11-3-4-13(22-16(11)17-8-12)10-2-5-14-15(7-10)21-9-20-14/h2,5-8,13H,3-4,9H2,1H3. The molecule has 0 fully saturated rings. The van der Waals surface area contributed by atoms with Crippen LogP contribution in [0.1, 0.15) is 23.7 Å². The molecule has 1 aromatic carbocycles. The van der Waals surface area contributed by atoms with Gasteiger partial charge < -0.3 is 14.2 Å². The molecule has 7 heteroatoms. The normalized spacial score (nSPS) is 19.1. The molecule has 2 aromatic rings. The van der Waals surface area contributed by atoms with Crippen LogP contribution in [0.3, 0.4) is 0 Å². The molecule has 6 nitrogen and oxygen atoms in total. The van der Waals surface area contributed by atoms with Crippen molar-refractivity contribution in [2.45, 2.75) is 23.8 Å². The summed E-state index contributed by atoms with van der Waals surface area (Å²) >= 11 is 0. The molecule has 0 amide bonds. The molecule has 2 aliphatic rings. The third kappa shape index (κ3) is 2.61. The summed E-state index contributed by atoms with van der Waals surface area (Å²) < 4.78 is 39.9. The van der Waals surface area contributed by atoms with Gasteiger partial charge in [-0.1, -0.05) is 6.07 Å². The fraction of sp³-hybridized carbons (Fsp3) is 0.312. The minimum absolute atomic E-state index is 0.131. The Morgan fingerprint density at radius 2 is 2.00 bits per heavy atom. The second-order valence-electron chi connectivity index (χ2n) is 5.67. The lowest BCUT2D eigenvalue weighted by molar-refractivity contribution is 0.165. The van der Waals surface area contributed by atoms with E-state index in [1.54, 1.807) is 6.07 Å². The molecule has 4 rings (SSSR count). The first kappa shape index (κ1) is 14.3. The summed E-state index contributed by atoms with van der Waals surface area (Å²) in [5.74, 6) is 1.95. The van der Waals surface area contributed by atoms with Crippen LogP contribution in [-0.2, 0) is 16.3 Å². The van der Waals surface area contributed by atoms with E-state index in [0.717, 1.165) is 29.0 Å². The Labute approximate surface area is 133 Å². The van der Waals surface area contributed by atoms with Gasteiger partial charge in [-0.15, -0.1) is 0 Å². The first-order valence-electron chi connectivity index (χ1n) is 7.26. The van der Waals surface area contributed by atoms with Gasteiger partial charge in [-0.2, -0.15) is 0 Å². The van der Waals surface area contributed by atoms with Crippen molar-refractivity contribution in [3.05, 3.63) is 41.6 Å². The Bertz CT molecular complexity index is 878. The van der Waals surface area contributed by atoms with Crippen molar-refractivity contribution in [2.75, 3.05) is 13.0 Å². The van der Waals surface area contributed by atoms with Gasteiger partial charge in [-0.25, -0.2) is 13.4 Å². The largest absolute Gasteiger partial charge is 0.469 e. The van der Waals surface area contributed by atoms with Crippen LogP contribution in [0.4, 0.5) is 0 Å². The van der Waals surface area contributed by atoms with Gasteiger partial charge in [-0.05, 0) is 36.6 Å². The van der Waals surface area contributed by atoms with E-state index >= 15 is 0 Å². The fourth-order valence-electron chi connectivity index (χ4n) is 2.79. The predicted molar refractivity (Wildman–Crippen MR) is 81.6 cm³/mol. The van der Waals surface area contributed by atoms with Crippen molar-refractivity contribution in [1.82, 2.24) is 4.98 Å². The molecule has 0 radical (unpaired) electrons. The SMILES string of the molecule is CS(=O)(=O)c1cnc2c(c1)CCC(c1ccc3c(c1)OCO3)O2. The molecule has 0 bridgehead atoms. The Morgan fingerprint density at radius 1 is 1.17 bits per heavy atom. The summed E-state index contributed by atoms with van der Waals surface area (Å²) in [6.45, 7) is 0.239. The highest BCUT2D eigenvalue weighted by Crippen LogP contribution is 2.39. The van der Waals surface area contributed by atoms with E-state index in [-0.39, 0.29) is 17.8 Å². The first-order chi connectivity index (χ1) is 11.0. The maximum absolute atomic E-state index is 11.6. The van der Waals surface area contributed by atoms with E-state index in [4.69, 9.17) is 14.2 Å². The highest BCUT2D eigenvalue weighted by atomic mass is 32.2. The van der Waals surface area contributed by atoms with Crippen molar-refractivity contribution < 1.29 is 22.6 Å². The van der Waals surface area contributed by atoms with Crippen LogP contribution in [0.2, 0.25) is 0 Å². The number of hydrogen-bond donors (Lipinski definition) is 0. The highest BCUT2D eigenvalue weighted by Gasteiger charge is 2.25. The van der Waals surface area contributed by atoms with Crippen LogP contribution >= 0.6 is 0 Å². The van der Waals surface area contributed by atoms with Gasteiger partial charge in [0.25, 0.3) is 0 Å². The molecule has 0 spiro atoms. The smallest absolute Gasteiger partial charge is 0.231 e. The third-order valence-electron chi connectivity index (χ3n) is 4.03. The molecule has 2 aliphatic heterocycles. The summed E-state index contributed by atoms with van der Waals surface area (Å²) in [5, 5.41) is 0. The van der Waals surface area contributed by atoms with Crippen molar-refractivity contribution in [3.63, 3.8) is 0 Å². The molecule has 1 unspecified atom stereocenters.